The average molecular weight is 251 g/mol. The van der Waals surface area contributed by atoms with Gasteiger partial charge in [0.2, 0.25) is 0 Å². The Morgan fingerprint density at radius 2 is 2.22 bits per heavy atom. The number of likely N-dealkylation sites (tertiary alicyclic amines) is 1. The quantitative estimate of drug-likeness (QED) is 0.893. The van der Waals surface area contributed by atoms with Crippen LogP contribution in [0.5, 0.6) is 0 Å². The molecule has 1 heterocycles. The van der Waals surface area contributed by atoms with Gasteiger partial charge in [0.05, 0.1) is 5.56 Å². The molecular formula is C14H18FNO2. The number of benzene rings is 1. The first-order chi connectivity index (χ1) is 8.72. The molecule has 1 aliphatic rings. The van der Waals surface area contributed by atoms with Gasteiger partial charge in [0.15, 0.2) is 0 Å². The highest BCUT2D eigenvalue weighted by Crippen LogP contribution is 2.21. The van der Waals surface area contributed by atoms with E-state index in [1.807, 2.05) is 0 Å². The lowest BCUT2D eigenvalue weighted by atomic mass is 9.94. The van der Waals surface area contributed by atoms with Crippen LogP contribution in [0.2, 0.25) is 0 Å². The van der Waals surface area contributed by atoms with Crippen molar-refractivity contribution in [1.29, 1.82) is 0 Å². The molecule has 1 saturated heterocycles. The Kier molecular flexibility index (Phi) is 4.31. The molecule has 1 aromatic rings. The molecule has 0 aliphatic carbocycles. The van der Waals surface area contributed by atoms with Crippen molar-refractivity contribution < 1.29 is 14.3 Å². The second-order valence-electron chi connectivity index (χ2n) is 4.75. The van der Waals surface area contributed by atoms with E-state index < -0.39 is 5.82 Å². The number of piperidine rings is 1. The third-order valence-corrected chi connectivity index (χ3v) is 3.45. The van der Waals surface area contributed by atoms with Crippen LogP contribution in [-0.4, -0.2) is 35.6 Å². The van der Waals surface area contributed by atoms with Crippen molar-refractivity contribution in [3.05, 3.63) is 35.6 Å². The minimum atomic E-state index is -0.466. The van der Waals surface area contributed by atoms with Gasteiger partial charge in [0.1, 0.15) is 5.82 Å². The lowest BCUT2D eigenvalue weighted by Gasteiger charge is -2.32. The van der Waals surface area contributed by atoms with Crippen molar-refractivity contribution in [1.82, 2.24) is 4.90 Å². The van der Waals surface area contributed by atoms with Gasteiger partial charge in [0.25, 0.3) is 5.91 Å². The van der Waals surface area contributed by atoms with Gasteiger partial charge in [-0.1, -0.05) is 12.1 Å². The van der Waals surface area contributed by atoms with Crippen LogP contribution in [0.1, 0.15) is 29.6 Å². The van der Waals surface area contributed by atoms with Crippen molar-refractivity contribution in [2.45, 2.75) is 19.3 Å². The van der Waals surface area contributed by atoms with Crippen molar-refractivity contribution in [3.63, 3.8) is 0 Å². The maximum Gasteiger partial charge on any atom is 0.256 e. The summed E-state index contributed by atoms with van der Waals surface area (Å²) in [6.07, 6.45) is 2.66. The fourth-order valence-electron chi connectivity index (χ4n) is 2.47. The minimum Gasteiger partial charge on any atom is -0.396 e. The average Bonchev–Trinajstić information content (AvgIpc) is 2.39. The van der Waals surface area contributed by atoms with Crippen LogP contribution in [0.15, 0.2) is 24.3 Å². The molecule has 0 spiro atoms. The maximum absolute atomic E-state index is 13.6. The molecule has 1 amide bonds. The second kappa shape index (κ2) is 5.96. The zero-order chi connectivity index (χ0) is 13.0. The number of hydrogen-bond donors (Lipinski definition) is 1. The highest BCUT2D eigenvalue weighted by molar-refractivity contribution is 5.94. The van der Waals surface area contributed by atoms with Crippen LogP contribution in [0.3, 0.4) is 0 Å². The Labute approximate surface area is 106 Å². The monoisotopic (exact) mass is 251 g/mol. The standard InChI is InChI=1S/C14H18FNO2/c15-13-6-2-1-5-12(13)14(18)16-8-3-4-11(10-16)7-9-17/h1-2,5-6,11,17H,3-4,7-10H2. The molecule has 1 N–H and O–H groups in total. The SMILES string of the molecule is O=C(c1ccccc1F)N1CCCC(CCO)C1. The smallest absolute Gasteiger partial charge is 0.256 e. The Bertz CT molecular complexity index is 420. The van der Waals surface area contributed by atoms with E-state index >= 15 is 0 Å². The molecule has 18 heavy (non-hydrogen) atoms. The third kappa shape index (κ3) is 2.88. The van der Waals surface area contributed by atoms with Gasteiger partial charge in [-0.2, -0.15) is 0 Å². The number of nitrogens with zero attached hydrogens (tertiary/aromatic N) is 1. The molecule has 3 nitrogen and oxygen atoms in total. The first kappa shape index (κ1) is 13.0. The van der Waals surface area contributed by atoms with Crippen LogP contribution < -0.4 is 0 Å². The Balaban J connectivity index is 2.07. The first-order valence-corrected chi connectivity index (χ1v) is 6.37. The maximum atomic E-state index is 13.6. The number of hydrogen-bond acceptors (Lipinski definition) is 2. The van der Waals surface area contributed by atoms with E-state index in [4.69, 9.17) is 5.11 Å². The van der Waals surface area contributed by atoms with Crippen molar-refractivity contribution in [3.8, 4) is 0 Å². The molecule has 0 radical (unpaired) electrons. The molecule has 2 rings (SSSR count). The van der Waals surface area contributed by atoms with Gasteiger partial charge in [-0.15, -0.1) is 0 Å². The number of carbonyl (C=O) groups is 1. The summed E-state index contributed by atoms with van der Waals surface area (Å²) in [6, 6.07) is 6.08. The van der Waals surface area contributed by atoms with Gasteiger partial charge in [-0.05, 0) is 37.3 Å². The predicted octanol–water partition coefficient (Wildman–Crippen LogP) is 2.06. The van der Waals surface area contributed by atoms with Gasteiger partial charge >= 0.3 is 0 Å². The third-order valence-electron chi connectivity index (χ3n) is 3.45. The molecule has 98 valence electrons. The Morgan fingerprint density at radius 3 is 2.94 bits per heavy atom. The van der Waals surface area contributed by atoms with E-state index in [1.54, 1.807) is 17.0 Å². The number of aliphatic hydroxyl groups is 1. The predicted molar refractivity (Wildman–Crippen MR) is 66.7 cm³/mol. The lowest BCUT2D eigenvalue weighted by Crippen LogP contribution is -2.40. The fourth-order valence-corrected chi connectivity index (χ4v) is 2.47. The Hall–Kier alpha value is -1.42. The summed E-state index contributed by atoms with van der Waals surface area (Å²) in [4.78, 5) is 13.9. The molecule has 0 aromatic heterocycles. The highest BCUT2D eigenvalue weighted by Gasteiger charge is 2.25. The van der Waals surface area contributed by atoms with Gasteiger partial charge < -0.3 is 10.0 Å². The summed E-state index contributed by atoms with van der Waals surface area (Å²) in [7, 11) is 0. The van der Waals surface area contributed by atoms with Crippen molar-refractivity contribution in [2.75, 3.05) is 19.7 Å². The number of amides is 1. The fraction of sp³-hybridized carbons (Fsp3) is 0.500. The van der Waals surface area contributed by atoms with E-state index in [1.165, 1.54) is 12.1 Å². The summed E-state index contributed by atoms with van der Waals surface area (Å²) in [5, 5.41) is 8.94. The highest BCUT2D eigenvalue weighted by atomic mass is 19.1. The topological polar surface area (TPSA) is 40.5 Å². The lowest BCUT2D eigenvalue weighted by molar-refractivity contribution is 0.0649. The summed E-state index contributed by atoms with van der Waals surface area (Å²) in [5.74, 6) is -0.373. The number of aliphatic hydroxyl groups excluding tert-OH is 1. The molecular weight excluding hydrogens is 233 g/mol. The van der Waals surface area contributed by atoms with Crippen molar-refractivity contribution >= 4 is 5.91 Å². The molecule has 1 aromatic carbocycles. The van der Waals surface area contributed by atoms with E-state index in [0.717, 1.165) is 12.8 Å². The largest absolute Gasteiger partial charge is 0.396 e. The first-order valence-electron chi connectivity index (χ1n) is 6.37. The summed E-state index contributed by atoms with van der Waals surface area (Å²) < 4.78 is 13.6. The van der Waals surface area contributed by atoms with Crippen LogP contribution in [0.4, 0.5) is 4.39 Å². The number of carbonyl (C=O) groups excluding carboxylic acids is 1. The number of halogens is 1. The van der Waals surface area contributed by atoms with Gasteiger partial charge in [-0.3, -0.25) is 4.79 Å². The summed E-state index contributed by atoms with van der Waals surface area (Å²) in [6.45, 7) is 1.44. The molecule has 1 fully saturated rings. The zero-order valence-corrected chi connectivity index (χ0v) is 10.3. The van der Waals surface area contributed by atoms with Crippen LogP contribution in [0.25, 0.3) is 0 Å². The van der Waals surface area contributed by atoms with E-state index in [0.29, 0.717) is 25.4 Å². The van der Waals surface area contributed by atoms with Crippen LogP contribution in [-0.2, 0) is 0 Å². The van der Waals surface area contributed by atoms with Gasteiger partial charge in [-0.25, -0.2) is 4.39 Å². The summed E-state index contributed by atoms with van der Waals surface area (Å²) >= 11 is 0. The molecule has 0 bridgehead atoms. The second-order valence-corrected chi connectivity index (χ2v) is 4.75. The molecule has 1 atom stereocenters. The number of rotatable bonds is 3. The summed E-state index contributed by atoms with van der Waals surface area (Å²) in [5.41, 5.74) is 0.141. The van der Waals surface area contributed by atoms with E-state index in [9.17, 15) is 9.18 Å². The molecule has 4 heteroatoms. The van der Waals surface area contributed by atoms with Gasteiger partial charge in [0, 0.05) is 19.7 Å². The Morgan fingerprint density at radius 1 is 1.44 bits per heavy atom. The van der Waals surface area contributed by atoms with E-state index in [-0.39, 0.29) is 18.1 Å². The van der Waals surface area contributed by atoms with Crippen molar-refractivity contribution in [2.24, 2.45) is 5.92 Å². The molecule has 1 aliphatic heterocycles. The van der Waals surface area contributed by atoms with Crippen LogP contribution in [0, 0.1) is 11.7 Å². The molecule has 1 unspecified atom stereocenters. The van der Waals surface area contributed by atoms with Crippen LogP contribution >= 0.6 is 0 Å². The molecule has 0 saturated carbocycles. The minimum absolute atomic E-state index is 0.141. The van der Waals surface area contributed by atoms with E-state index in [2.05, 4.69) is 0 Å². The normalized spacial score (nSPS) is 19.9. The zero-order valence-electron chi connectivity index (χ0n) is 10.3.